The molecule has 0 aromatic rings. The third-order valence-corrected chi connectivity index (χ3v) is 4.74. The van der Waals surface area contributed by atoms with Crippen LogP contribution in [0.5, 0.6) is 0 Å². The Morgan fingerprint density at radius 1 is 1.00 bits per heavy atom. The molecule has 2 aliphatic rings. The van der Waals surface area contributed by atoms with E-state index in [2.05, 4.69) is 29.0 Å². The molecule has 2 unspecified atom stereocenters. The van der Waals surface area contributed by atoms with Crippen LogP contribution in [0.3, 0.4) is 0 Å². The Balaban J connectivity index is 1.71. The maximum absolute atomic E-state index is 3.67. The Bertz CT molecular complexity index is 226. The zero-order valence-corrected chi connectivity index (χ0v) is 12.3. The summed E-state index contributed by atoms with van der Waals surface area (Å²) in [6.07, 6.45) is 5.49. The third kappa shape index (κ3) is 3.94. The number of hydrogen-bond acceptors (Lipinski definition) is 3. The zero-order valence-electron chi connectivity index (χ0n) is 12.3. The zero-order chi connectivity index (χ0) is 12.8. The van der Waals surface area contributed by atoms with Crippen LogP contribution in [-0.2, 0) is 0 Å². The number of likely N-dealkylation sites (tertiary alicyclic amines) is 2. The van der Waals surface area contributed by atoms with Gasteiger partial charge in [-0.2, -0.15) is 0 Å². The van der Waals surface area contributed by atoms with Crippen molar-refractivity contribution in [1.82, 2.24) is 15.1 Å². The lowest BCUT2D eigenvalue weighted by Gasteiger charge is -2.39. The molecule has 0 aromatic carbocycles. The fraction of sp³-hybridized carbons (Fsp3) is 1.00. The highest BCUT2D eigenvalue weighted by Gasteiger charge is 2.27. The summed E-state index contributed by atoms with van der Waals surface area (Å²) in [5, 5.41) is 3.67. The van der Waals surface area contributed by atoms with E-state index in [0.717, 1.165) is 18.5 Å². The van der Waals surface area contributed by atoms with Crippen molar-refractivity contribution in [3.8, 4) is 0 Å². The summed E-state index contributed by atoms with van der Waals surface area (Å²) in [6.45, 7) is 13.6. The second-order valence-corrected chi connectivity index (χ2v) is 5.97. The Kier molecular flexibility index (Phi) is 5.93. The van der Waals surface area contributed by atoms with E-state index in [9.17, 15) is 0 Å². The predicted octanol–water partition coefficient (Wildman–Crippen LogP) is 1.79. The van der Waals surface area contributed by atoms with Gasteiger partial charge >= 0.3 is 0 Å². The molecule has 0 bridgehead atoms. The van der Waals surface area contributed by atoms with Gasteiger partial charge in [0.25, 0.3) is 0 Å². The van der Waals surface area contributed by atoms with Crippen molar-refractivity contribution >= 4 is 0 Å². The van der Waals surface area contributed by atoms with E-state index in [4.69, 9.17) is 0 Å². The quantitative estimate of drug-likeness (QED) is 0.778. The van der Waals surface area contributed by atoms with Gasteiger partial charge in [0, 0.05) is 25.7 Å². The van der Waals surface area contributed by atoms with Gasteiger partial charge in [0.1, 0.15) is 0 Å². The minimum Gasteiger partial charge on any atom is -0.314 e. The first-order valence-corrected chi connectivity index (χ1v) is 8.01. The van der Waals surface area contributed by atoms with Gasteiger partial charge in [-0.25, -0.2) is 0 Å². The molecule has 0 saturated carbocycles. The van der Waals surface area contributed by atoms with Crippen LogP contribution in [0.15, 0.2) is 0 Å². The first kappa shape index (κ1) is 14.3. The third-order valence-electron chi connectivity index (χ3n) is 4.74. The standard InChI is InChI=1S/C15H31N3/c1-3-14-13-18(10-7-15(14)16-4-2)12-11-17-8-5-6-9-17/h14-16H,3-13H2,1-2H3. The average Bonchev–Trinajstić information content (AvgIpc) is 2.91. The largest absolute Gasteiger partial charge is 0.314 e. The number of rotatable bonds is 6. The van der Waals surface area contributed by atoms with Crippen LogP contribution in [0.25, 0.3) is 0 Å². The highest BCUT2D eigenvalue weighted by atomic mass is 15.2. The molecule has 3 heteroatoms. The van der Waals surface area contributed by atoms with Gasteiger partial charge in [-0.3, -0.25) is 0 Å². The van der Waals surface area contributed by atoms with Crippen molar-refractivity contribution in [3.63, 3.8) is 0 Å². The predicted molar refractivity (Wildman–Crippen MR) is 78.0 cm³/mol. The lowest BCUT2D eigenvalue weighted by atomic mass is 9.90. The smallest absolute Gasteiger partial charge is 0.0119 e. The van der Waals surface area contributed by atoms with Gasteiger partial charge in [0.15, 0.2) is 0 Å². The Morgan fingerprint density at radius 3 is 2.39 bits per heavy atom. The van der Waals surface area contributed by atoms with E-state index < -0.39 is 0 Å². The molecule has 1 N–H and O–H groups in total. The van der Waals surface area contributed by atoms with Gasteiger partial charge in [-0.15, -0.1) is 0 Å². The SMILES string of the molecule is CCNC1CCN(CCN2CCCC2)CC1CC. The molecular formula is C15H31N3. The summed E-state index contributed by atoms with van der Waals surface area (Å²) in [5.41, 5.74) is 0. The first-order valence-electron chi connectivity index (χ1n) is 8.01. The fourth-order valence-corrected chi connectivity index (χ4v) is 3.54. The van der Waals surface area contributed by atoms with Crippen molar-refractivity contribution < 1.29 is 0 Å². The van der Waals surface area contributed by atoms with Crippen molar-refractivity contribution in [2.24, 2.45) is 5.92 Å². The van der Waals surface area contributed by atoms with Gasteiger partial charge in [0.2, 0.25) is 0 Å². The van der Waals surface area contributed by atoms with Gasteiger partial charge in [-0.1, -0.05) is 20.3 Å². The van der Waals surface area contributed by atoms with Crippen molar-refractivity contribution in [2.45, 2.75) is 45.6 Å². The molecule has 106 valence electrons. The van der Waals surface area contributed by atoms with Crippen molar-refractivity contribution in [2.75, 3.05) is 45.8 Å². The molecular weight excluding hydrogens is 222 g/mol. The number of nitrogens with one attached hydrogen (secondary N) is 1. The summed E-state index contributed by atoms with van der Waals surface area (Å²) in [7, 11) is 0. The minimum absolute atomic E-state index is 0.767. The van der Waals surface area contributed by atoms with Crippen LogP contribution >= 0.6 is 0 Å². The topological polar surface area (TPSA) is 18.5 Å². The monoisotopic (exact) mass is 253 g/mol. The van der Waals surface area contributed by atoms with Crippen molar-refractivity contribution in [1.29, 1.82) is 0 Å². The normalized spacial score (nSPS) is 31.0. The number of hydrogen-bond donors (Lipinski definition) is 1. The molecule has 2 aliphatic heterocycles. The van der Waals surface area contributed by atoms with Crippen LogP contribution in [-0.4, -0.2) is 61.7 Å². The second kappa shape index (κ2) is 7.46. The summed E-state index contributed by atoms with van der Waals surface area (Å²) >= 11 is 0. The van der Waals surface area contributed by atoms with Crippen molar-refractivity contribution in [3.05, 3.63) is 0 Å². The van der Waals surface area contributed by atoms with E-state index in [1.54, 1.807) is 0 Å². The van der Waals surface area contributed by atoms with Crippen LogP contribution in [0.4, 0.5) is 0 Å². The van der Waals surface area contributed by atoms with Crippen LogP contribution in [0.2, 0.25) is 0 Å². The lowest BCUT2D eigenvalue weighted by Crippen LogP contribution is -2.50. The maximum Gasteiger partial charge on any atom is 0.0119 e. The molecule has 0 spiro atoms. The first-order chi connectivity index (χ1) is 8.83. The highest BCUT2D eigenvalue weighted by molar-refractivity contribution is 4.84. The fourth-order valence-electron chi connectivity index (χ4n) is 3.54. The second-order valence-electron chi connectivity index (χ2n) is 5.97. The molecule has 3 nitrogen and oxygen atoms in total. The number of nitrogens with zero attached hydrogens (tertiary/aromatic N) is 2. The Hall–Kier alpha value is -0.120. The molecule has 2 rings (SSSR count). The van der Waals surface area contributed by atoms with E-state index >= 15 is 0 Å². The summed E-state index contributed by atoms with van der Waals surface area (Å²) in [5.74, 6) is 0.859. The van der Waals surface area contributed by atoms with Gasteiger partial charge in [0.05, 0.1) is 0 Å². The van der Waals surface area contributed by atoms with Crippen LogP contribution < -0.4 is 5.32 Å². The van der Waals surface area contributed by atoms with E-state index in [0.29, 0.717) is 0 Å². The molecule has 0 radical (unpaired) electrons. The average molecular weight is 253 g/mol. The Morgan fingerprint density at radius 2 is 1.72 bits per heavy atom. The molecule has 2 fully saturated rings. The molecule has 0 amide bonds. The molecule has 2 saturated heterocycles. The molecule has 2 atom stereocenters. The van der Waals surface area contributed by atoms with Gasteiger partial charge in [-0.05, 0) is 51.4 Å². The van der Waals surface area contributed by atoms with E-state index in [-0.39, 0.29) is 0 Å². The van der Waals surface area contributed by atoms with E-state index in [1.807, 2.05) is 0 Å². The maximum atomic E-state index is 3.67. The van der Waals surface area contributed by atoms with E-state index in [1.165, 1.54) is 65.0 Å². The van der Waals surface area contributed by atoms with Gasteiger partial charge < -0.3 is 15.1 Å². The van der Waals surface area contributed by atoms with Crippen LogP contribution in [0.1, 0.15) is 39.5 Å². The molecule has 2 heterocycles. The summed E-state index contributed by atoms with van der Waals surface area (Å²) in [4.78, 5) is 5.33. The number of piperidine rings is 1. The summed E-state index contributed by atoms with van der Waals surface area (Å²) < 4.78 is 0. The summed E-state index contributed by atoms with van der Waals surface area (Å²) in [6, 6.07) is 0.767. The highest BCUT2D eigenvalue weighted by Crippen LogP contribution is 2.20. The Labute approximate surface area is 113 Å². The molecule has 0 aliphatic carbocycles. The lowest BCUT2D eigenvalue weighted by molar-refractivity contribution is 0.124. The molecule has 0 aromatic heterocycles. The van der Waals surface area contributed by atoms with Crippen LogP contribution in [0, 0.1) is 5.92 Å². The molecule has 18 heavy (non-hydrogen) atoms. The minimum atomic E-state index is 0.767.